The molecule has 17 heavy (non-hydrogen) atoms. The van der Waals surface area contributed by atoms with Crippen LogP contribution in [0.2, 0.25) is 0 Å². The molecule has 0 aromatic carbocycles. The minimum atomic E-state index is -0.434. The second-order valence-corrected chi connectivity index (χ2v) is 5.37. The fourth-order valence-corrected chi connectivity index (χ4v) is 2.04. The van der Waals surface area contributed by atoms with Gasteiger partial charge in [0, 0.05) is 13.1 Å². The van der Waals surface area contributed by atoms with Crippen LogP contribution in [-0.4, -0.2) is 30.4 Å². The Morgan fingerprint density at radius 1 is 1.29 bits per heavy atom. The van der Waals surface area contributed by atoms with Gasteiger partial charge in [0.1, 0.15) is 0 Å². The molecule has 0 aromatic rings. The molecule has 0 saturated carbocycles. The summed E-state index contributed by atoms with van der Waals surface area (Å²) < 4.78 is 0. The highest BCUT2D eigenvalue weighted by atomic mass is 16.2. The van der Waals surface area contributed by atoms with Gasteiger partial charge in [0.15, 0.2) is 0 Å². The van der Waals surface area contributed by atoms with Gasteiger partial charge in [-0.25, -0.2) is 5.84 Å². The van der Waals surface area contributed by atoms with Gasteiger partial charge in [0.25, 0.3) is 0 Å². The quantitative estimate of drug-likeness (QED) is 0.388. The molecule has 0 aliphatic heterocycles. The normalized spacial score (nSPS) is 12.2. The van der Waals surface area contributed by atoms with Gasteiger partial charge >= 0.3 is 0 Å². The van der Waals surface area contributed by atoms with Gasteiger partial charge < -0.3 is 4.90 Å². The average Bonchev–Trinajstić information content (AvgIpc) is 2.32. The van der Waals surface area contributed by atoms with Gasteiger partial charge in [-0.3, -0.25) is 10.2 Å². The van der Waals surface area contributed by atoms with E-state index in [-0.39, 0.29) is 5.91 Å². The van der Waals surface area contributed by atoms with E-state index in [1.165, 1.54) is 12.8 Å². The summed E-state index contributed by atoms with van der Waals surface area (Å²) in [6, 6.07) is 0. The first-order valence-electron chi connectivity index (χ1n) is 6.64. The molecule has 0 heterocycles. The zero-order valence-corrected chi connectivity index (χ0v) is 12.0. The molecule has 0 aliphatic rings. The molecular weight excluding hydrogens is 214 g/mol. The molecular formula is C13H29N3O. The van der Waals surface area contributed by atoms with Crippen molar-refractivity contribution in [2.45, 2.75) is 47.5 Å². The maximum Gasteiger partial charge on any atom is 0.240 e. The van der Waals surface area contributed by atoms with Crippen LogP contribution in [0.5, 0.6) is 0 Å². The van der Waals surface area contributed by atoms with Crippen molar-refractivity contribution >= 4 is 5.91 Å². The summed E-state index contributed by atoms with van der Waals surface area (Å²) in [6.07, 6.45) is 2.38. The fourth-order valence-electron chi connectivity index (χ4n) is 2.04. The van der Waals surface area contributed by atoms with Crippen molar-refractivity contribution in [2.24, 2.45) is 17.2 Å². The van der Waals surface area contributed by atoms with Gasteiger partial charge in [-0.05, 0) is 26.3 Å². The van der Waals surface area contributed by atoms with Crippen molar-refractivity contribution in [1.82, 2.24) is 10.3 Å². The molecule has 4 heteroatoms. The molecule has 102 valence electrons. The van der Waals surface area contributed by atoms with Crippen molar-refractivity contribution in [2.75, 3.05) is 19.6 Å². The van der Waals surface area contributed by atoms with E-state index < -0.39 is 5.41 Å². The summed E-state index contributed by atoms with van der Waals surface area (Å²) in [5.41, 5.74) is 1.82. The molecule has 0 aliphatic carbocycles. The first-order chi connectivity index (χ1) is 7.91. The Morgan fingerprint density at radius 2 is 1.82 bits per heavy atom. The van der Waals surface area contributed by atoms with Crippen molar-refractivity contribution in [1.29, 1.82) is 0 Å². The zero-order valence-electron chi connectivity index (χ0n) is 12.0. The van der Waals surface area contributed by atoms with Crippen LogP contribution in [0, 0.1) is 11.3 Å². The number of hydrogen-bond donors (Lipinski definition) is 2. The number of carbonyl (C=O) groups is 1. The minimum absolute atomic E-state index is 0.0968. The van der Waals surface area contributed by atoms with Gasteiger partial charge in [-0.1, -0.05) is 33.6 Å². The van der Waals surface area contributed by atoms with E-state index in [0.717, 1.165) is 19.6 Å². The molecule has 0 rings (SSSR count). The summed E-state index contributed by atoms with van der Waals surface area (Å²) in [5.74, 6) is 5.83. The third-order valence-corrected chi connectivity index (χ3v) is 3.48. The number of nitrogens with two attached hydrogens (primary N) is 1. The van der Waals surface area contributed by atoms with Crippen LogP contribution in [0.25, 0.3) is 0 Å². The first-order valence-corrected chi connectivity index (χ1v) is 6.64. The molecule has 0 fully saturated rings. The maximum atomic E-state index is 11.6. The van der Waals surface area contributed by atoms with Crippen molar-refractivity contribution in [3.8, 4) is 0 Å². The molecule has 3 N–H and O–H groups in total. The Labute approximate surface area is 106 Å². The van der Waals surface area contributed by atoms with Gasteiger partial charge in [-0.2, -0.15) is 0 Å². The Kier molecular flexibility index (Phi) is 7.39. The van der Waals surface area contributed by atoms with Gasteiger partial charge in [-0.15, -0.1) is 0 Å². The molecule has 0 saturated heterocycles. The Hall–Kier alpha value is -0.610. The average molecular weight is 243 g/mol. The summed E-state index contributed by atoms with van der Waals surface area (Å²) in [4.78, 5) is 14.0. The van der Waals surface area contributed by atoms with E-state index in [0.29, 0.717) is 5.92 Å². The van der Waals surface area contributed by atoms with E-state index in [9.17, 15) is 4.79 Å². The van der Waals surface area contributed by atoms with Crippen LogP contribution in [0.3, 0.4) is 0 Å². The van der Waals surface area contributed by atoms with Crippen molar-refractivity contribution in [3.05, 3.63) is 0 Å². The predicted molar refractivity (Wildman–Crippen MR) is 72.3 cm³/mol. The van der Waals surface area contributed by atoms with Gasteiger partial charge in [0.2, 0.25) is 5.91 Å². The monoisotopic (exact) mass is 243 g/mol. The number of nitrogens with zero attached hydrogens (tertiary/aromatic N) is 1. The van der Waals surface area contributed by atoms with Crippen LogP contribution >= 0.6 is 0 Å². The van der Waals surface area contributed by atoms with E-state index in [1.54, 1.807) is 0 Å². The van der Waals surface area contributed by atoms with E-state index in [2.05, 4.69) is 31.1 Å². The lowest BCUT2D eigenvalue weighted by Crippen LogP contribution is -2.48. The highest BCUT2D eigenvalue weighted by Gasteiger charge is 2.29. The number of carbonyl (C=O) groups excluding carboxylic acids is 1. The zero-order chi connectivity index (χ0) is 13.5. The first kappa shape index (κ1) is 16.4. The molecule has 0 spiro atoms. The molecule has 4 nitrogen and oxygen atoms in total. The van der Waals surface area contributed by atoms with E-state index >= 15 is 0 Å². The molecule has 0 atom stereocenters. The van der Waals surface area contributed by atoms with Crippen LogP contribution in [-0.2, 0) is 4.79 Å². The van der Waals surface area contributed by atoms with Crippen molar-refractivity contribution < 1.29 is 4.79 Å². The van der Waals surface area contributed by atoms with Gasteiger partial charge in [0.05, 0.1) is 5.41 Å². The molecule has 1 amide bonds. The number of nitrogens with one attached hydrogen (secondary N) is 1. The molecule has 0 unspecified atom stereocenters. The van der Waals surface area contributed by atoms with Crippen LogP contribution in [0.1, 0.15) is 47.5 Å². The number of hydrazine groups is 1. The summed E-state index contributed by atoms with van der Waals surface area (Å²) in [5, 5.41) is 0. The Bertz CT molecular complexity index is 225. The second-order valence-electron chi connectivity index (χ2n) is 5.37. The molecule has 0 aromatic heterocycles. The molecule has 0 radical (unpaired) electrons. The van der Waals surface area contributed by atoms with Crippen LogP contribution in [0.4, 0.5) is 0 Å². The van der Waals surface area contributed by atoms with E-state index in [1.807, 2.05) is 13.8 Å². The lowest BCUT2D eigenvalue weighted by atomic mass is 9.91. The number of amides is 1. The standard InChI is InChI=1S/C13H29N3O/c1-6-11(7-2)9-16(8-3)10-13(4,5)12(17)15-14/h11H,6-10,14H2,1-5H3,(H,15,17). The van der Waals surface area contributed by atoms with E-state index in [4.69, 9.17) is 5.84 Å². The lowest BCUT2D eigenvalue weighted by molar-refractivity contribution is -0.130. The van der Waals surface area contributed by atoms with Crippen LogP contribution < -0.4 is 11.3 Å². The highest BCUT2D eigenvalue weighted by molar-refractivity contribution is 5.81. The number of rotatable bonds is 8. The fraction of sp³-hybridized carbons (Fsp3) is 0.923. The largest absolute Gasteiger partial charge is 0.302 e. The Morgan fingerprint density at radius 3 is 2.18 bits per heavy atom. The smallest absolute Gasteiger partial charge is 0.240 e. The maximum absolute atomic E-state index is 11.6. The summed E-state index contributed by atoms with van der Waals surface area (Å²) >= 11 is 0. The molecule has 0 bridgehead atoms. The minimum Gasteiger partial charge on any atom is -0.302 e. The van der Waals surface area contributed by atoms with Crippen molar-refractivity contribution in [3.63, 3.8) is 0 Å². The SMILES string of the molecule is CCC(CC)CN(CC)CC(C)(C)C(=O)NN. The lowest BCUT2D eigenvalue weighted by Gasteiger charge is -2.32. The van der Waals surface area contributed by atoms with Crippen LogP contribution in [0.15, 0.2) is 0 Å². The topological polar surface area (TPSA) is 58.4 Å². The second kappa shape index (κ2) is 7.67. The predicted octanol–water partition coefficient (Wildman–Crippen LogP) is 1.76. The third kappa shape index (κ3) is 5.50. The summed E-state index contributed by atoms with van der Waals surface area (Å²) in [7, 11) is 0. The Balaban J connectivity index is 4.43. The highest BCUT2D eigenvalue weighted by Crippen LogP contribution is 2.19. The number of hydrogen-bond acceptors (Lipinski definition) is 3. The third-order valence-electron chi connectivity index (χ3n) is 3.48. The summed E-state index contributed by atoms with van der Waals surface area (Å²) in [6.45, 7) is 13.2.